The molecule has 0 heterocycles. The van der Waals surface area contributed by atoms with Crippen molar-refractivity contribution in [3.8, 4) is 6.07 Å². The Morgan fingerprint density at radius 2 is 1.69 bits per heavy atom. The third-order valence-corrected chi connectivity index (χ3v) is 2.97. The van der Waals surface area contributed by atoms with Crippen molar-refractivity contribution in [2.75, 3.05) is 0 Å². The Bertz CT molecular complexity index is 546. The van der Waals surface area contributed by atoms with Crippen molar-refractivity contribution in [1.82, 2.24) is 0 Å². The van der Waals surface area contributed by atoms with E-state index in [1.54, 1.807) is 18.2 Å². The molecule has 0 radical (unpaired) electrons. The highest BCUT2D eigenvalue weighted by atomic mass is 32.2. The van der Waals surface area contributed by atoms with Gasteiger partial charge >= 0.3 is 0 Å². The van der Waals surface area contributed by atoms with Crippen LogP contribution >= 0.6 is 11.8 Å². The second-order valence-corrected chi connectivity index (χ2v) is 4.35. The van der Waals surface area contributed by atoms with Crippen molar-refractivity contribution < 1.29 is 4.39 Å². The van der Waals surface area contributed by atoms with E-state index in [-0.39, 0.29) is 5.82 Å². The maximum absolute atomic E-state index is 12.9. The van der Waals surface area contributed by atoms with Gasteiger partial charge in [-0.05, 0) is 36.4 Å². The molecule has 0 aliphatic heterocycles. The molecule has 0 N–H and O–H groups in total. The lowest BCUT2D eigenvalue weighted by molar-refractivity contribution is 0.624. The minimum atomic E-state index is -0.249. The molecule has 0 aliphatic carbocycles. The van der Waals surface area contributed by atoms with Crippen LogP contribution in [0.4, 0.5) is 4.39 Å². The van der Waals surface area contributed by atoms with Crippen LogP contribution in [0.3, 0.4) is 0 Å². The average Bonchev–Trinajstić information content (AvgIpc) is 2.29. The fourth-order valence-corrected chi connectivity index (χ4v) is 2.22. The first-order chi connectivity index (χ1) is 7.78. The summed E-state index contributed by atoms with van der Waals surface area (Å²) in [6, 6.07) is 15.7. The van der Waals surface area contributed by atoms with E-state index < -0.39 is 0 Å². The minimum absolute atomic E-state index is 0.249. The molecule has 2 rings (SSSR count). The molecular weight excluding hydrogens is 221 g/mol. The van der Waals surface area contributed by atoms with Gasteiger partial charge in [-0.3, -0.25) is 0 Å². The van der Waals surface area contributed by atoms with Crippen LogP contribution in [0.15, 0.2) is 58.3 Å². The molecule has 0 aromatic heterocycles. The number of nitrogens with zero attached hydrogens (tertiary/aromatic N) is 1. The molecule has 2 aromatic carbocycles. The van der Waals surface area contributed by atoms with Gasteiger partial charge in [0.2, 0.25) is 0 Å². The van der Waals surface area contributed by atoms with Gasteiger partial charge in [-0.25, -0.2) is 4.39 Å². The van der Waals surface area contributed by atoms with E-state index in [0.717, 1.165) is 9.79 Å². The van der Waals surface area contributed by atoms with Gasteiger partial charge in [-0.15, -0.1) is 0 Å². The lowest BCUT2D eigenvalue weighted by Gasteiger charge is -2.01. The van der Waals surface area contributed by atoms with E-state index in [9.17, 15) is 4.39 Å². The number of halogens is 1. The molecule has 0 atom stereocenters. The van der Waals surface area contributed by atoms with E-state index in [4.69, 9.17) is 5.26 Å². The van der Waals surface area contributed by atoms with Crippen molar-refractivity contribution >= 4 is 11.8 Å². The molecule has 2 aromatic rings. The summed E-state index contributed by atoms with van der Waals surface area (Å²) in [6.07, 6.45) is 0. The first-order valence-corrected chi connectivity index (χ1v) is 5.53. The van der Waals surface area contributed by atoms with Crippen molar-refractivity contribution in [2.24, 2.45) is 0 Å². The Balaban J connectivity index is 2.24. The summed E-state index contributed by atoms with van der Waals surface area (Å²) in [5.41, 5.74) is 0.612. The van der Waals surface area contributed by atoms with Crippen LogP contribution in [0.5, 0.6) is 0 Å². The first-order valence-electron chi connectivity index (χ1n) is 4.71. The highest BCUT2D eigenvalue weighted by molar-refractivity contribution is 7.99. The van der Waals surface area contributed by atoms with Crippen LogP contribution in [0.25, 0.3) is 0 Å². The van der Waals surface area contributed by atoms with Gasteiger partial charge in [-0.2, -0.15) is 5.26 Å². The lowest BCUT2D eigenvalue weighted by atomic mass is 10.2. The molecule has 0 amide bonds. The van der Waals surface area contributed by atoms with Gasteiger partial charge in [0.1, 0.15) is 5.82 Å². The maximum Gasteiger partial charge on any atom is 0.124 e. The average molecular weight is 229 g/mol. The Labute approximate surface area is 97.5 Å². The van der Waals surface area contributed by atoms with Crippen molar-refractivity contribution in [3.63, 3.8) is 0 Å². The van der Waals surface area contributed by atoms with Crippen LogP contribution in [-0.2, 0) is 0 Å². The van der Waals surface area contributed by atoms with Crippen molar-refractivity contribution in [3.05, 3.63) is 59.9 Å². The fraction of sp³-hybridized carbons (Fsp3) is 0. The number of hydrogen-bond acceptors (Lipinski definition) is 2. The Morgan fingerprint density at radius 1 is 1.00 bits per heavy atom. The summed E-state index contributed by atoms with van der Waals surface area (Å²) in [5.74, 6) is -0.249. The molecule has 0 unspecified atom stereocenters. The summed E-state index contributed by atoms with van der Waals surface area (Å²) >= 11 is 1.44. The third kappa shape index (κ3) is 2.62. The fourth-order valence-electron chi connectivity index (χ4n) is 1.30. The third-order valence-electron chi connectivity index (χ3n) is 1.99. The van der Waals surface area contributed by atoms with Gasteiger partial charge in [0.05, 0.1) is 11.6 Å². The maximum atomic E-state index is 12.9. The second-order valence-electron chi connectivity index (χ2n) is 3.20. The SMILES string of the molecule is N#Cc1cccc(Sc2cccc(F)c2)c1. The predicted molar refractivity (Wildman–Crippen MR) is 61.7 cm³/mol. The van der Waals surface area contributed by atoms with Crippen molar-refractivity contribution in [1.29, 1.82) is 5.26 Å². The zero-order valence-electron chi connectivity index (χ0n) is 8.35. The minimum Gasteiger partial charge on any atom is -0.207 e. The molecule has 16 heavy (non-hydrogen) atoms. The van der Waals surface area contributed by atoms with Gasteiger partial charge in [-0.1, -0.05) is 23.9 Å². The molecule has 0 bridgehead atoms. The van der Waals surface area contributed by atoms with Crippen LogP contribution in [0.1, 0.15) is 5.56 Å². The number of benzene rings is 2. The Hall–Kier alpha value is -1.79. The molecule has 78 valence electrons. The van der Waals surface area contributed by atoms with Crippen LogP contribution in [-0.4, -0.2) is 0 Å². The number of nitriles is 1. The Morgan fingerprint density at radius 3 is 2.38 bits per heavy atom. The van der Waals surface area contributed by atoms with Gasteiger partial charge in [0.25, 0.3) is 0 Å². The second kappa shape index (κ2) is 4.82. The van der Waals surface area contributed by atoms with Crippen LogP contribution in [0, 0.1) is 17.1 Å². The van der Waals surface area contributed by atoms with E-state index in [1.165, 1.54) is 23.9 Å². The molecule has 3 heteroatoms. The molecule has 0 saturated heterocycles. The van der Waals surface area contributed by atoms with Crippen molar-refractivity contribution in [2.45, 2.75) is 9.79 Å². The summed E-state index contributed by atoms with van der Waals surface area (Å²) in [5, 5.41) is 8.75. The number of rotatable bonds is 2. The highest BCUT2D eigenvalue weighted by Gasteiger charge is 1.99. The summed E-state index contributed by atoms with van der Waals surface area (Å²) in [6.45, 7) is 0. The van der Waals surface area contributed by atoms with Gasteiger partial charge in [0.15, 0.2) is 0 Å². The quantitative estimate of drug-likeness (QED) is 0.781. The molecule has 0 aliphatic rings. The zero-order chi connectivity index (χ0) is 11.4. The molecule has 0 saturated carbocycles. The molecule has 0 spiro atoms. The molecular formula is C13H8FNS. The normalized spacial score (nSPS) is 9.75. The van der Waals surface area contributed by atoms with Gasteiger partial charge in [0, 0.05) is 9.79 Å². The number of hydrogen-bond donors (Lipinski definition) is 0. The van der Waals surface area contributed by atoms with Crippen LogP contribution in [0.2, 0.25) is 0 Å². The zero-order valence-corrected chi connectivity index (χ0v) is 9.17. The standard InChI is InChI=1S/C13H8FNS/c14-11-4-2-6-13(8-11)16-12-5-1-3-10(7-12)9-15/h1-8H. The molecule has 0 fully saturated rings. The monoisotopic (exact) mass is 229 g/mol. The Kier molecular flexibility index (Phi) is 3.23. The smallest absolute Gasteiger partial charge is 0.124 e. The summed E-state index contributed by atoms with van der Waals surface area (Å²) < 4.78 is 12.9. The lowest BCUT2D eigenvalue weighted by Crippen LogP contribution is -1.78. The van der Waals surface area contributed by atoms with E-state index in [2.05, 4.69) is 6.07 Å². The summed E-state index contributed by atoms with van der Waals surface area (Å²) in [7, 11) is 0. The molecule has 1 nitrogen and oxygen atoms in total. The van der Waals surface area contributed by atoms with Gasteiger partial charge < -0.3 is 0 Å². The van der Waals surface area contributed by atoms with Crippen LogP contribution < -0.4 is 0 Å². The largest absolute Gasteiger partial charge is 0.207 e. The van der Waals surface area contributed by atoms with E-state index in [1.807, 2.05) is 18.2 Å². The predicted octanol–water partition coefficient (Wildman–Crippen LogP) is 3.85. The highest BCUT2D eigenvalue weighted by Crippen LogP contribution is 2.28. The van der Waals surface area contributed by atoms with E-state index in [0.29, 0.717) is 5.56 Å². The topological polar surface area (TPSA) is 23.8 Å². The summed E-state index contributed by atoms with van der Waals surface area (Å²) in [4.78, 5) is 1.76. The first kappa shape index (κ1) is 10.7. The van der Waals surface area contributed by atoms with E-state index >= 15 is 0 Å².